The van der Waals surface area contributed by atoms with Crippen LogP contribution >= 0.6 is 0 Å². The van der Waals surface area contributed by atoms with Crippen molar-refractivity contribution in [2.24, 2.45) is 7.05 Å². The van der Waals surface area contributed by atoms with Crippen molar-refractivity contribution in [3.63, 3.8) is 0 Å². The summed E-state index contributed by atoms with van der Waals surface area (Å²) < 4.78 is 6.76. The quantitative estimate of drug-likeness (QED) is 0.650. The Balaban J connectivity index is 2.15. The van der Waals surface area contributed by atoms with E-state index in [1.54, 1.807) is 6.33 Å². The van der Waals surface area contributed by atoms with Gasteiger partial charge in [-0.15, -0.1) is 0 Å². The van der Waals surface area contributed by atoms with E-state index in [4.69, 9.17) is 4.74 Å². The highest BCUT2D eigenvalue weighted by Gasteiger charge is 2.25. The maximum absolute atomic E-state index is 10.7. The van der Waals surface area contributed by atoms with Crippen molar-refractivity contribution >= 4 is 6.09 Å². The fourth-order valence-corrected chi connectivity index (χ4v) is 1.15. The van der Waals surface area contributed by atoms with Gasteiger partial charge in [0.2, 0.25) is 0 Å². The predicted octanol–water partition coefficient (Wildman–Crippen LogP) is 0.201. The number of aromatic nitrogens is 2. The molecule has 1 aromatic rings. The van der Waals surface area contributed by atoms with Gasteiger partial charge in [-0.3, -0.25) is 0 Å². The molecule has 0 saturated carbocycles. The topological polar surface area (TPSA) is 56.2 Å². The first kappa shape index (κ1) is 7.15. The van der Waals surface area contributed by atoms with E-state index in [1.165, 1.54) is 0 Å². The average Bonchev–Trinajstić information content (AvgIpc) is 2.58. The molecule has 1 aliphatic rings. The molecule has 0 aliphatic carbocycles. The van der Waals surface area contributed by atoms with Crippen LogP contribution in [0.3, 0.4) is 0 Å². The number of amides is 1. The fraction of sp³-hybridized carbons (Fsp3) is 0.429. The van der Waals surface area contributed by atoms with Crippen LogP contribution in [0.15, 0.2) is 12.5 Å². The van der Waals surface area contributed by atoms with Crippen LogP contribution in [0.1, 0.15) is 11.8 Å². The molecule has 2 rings (SSSR count). The second-order valence-electron chi connectivity index (χ2n) is 2.74. The number of nitrogens with zero attached hydrogens (tertiary/aromatic N) is 2. The smallest absolute Gasteiger partial charge is 0.408 e. The van der Waals surface area contributed by atoms with Crippen LogP contribution in [-0.4, -0.2) is 22.2 Å². The number of ether oxygens (including phenoxy) is 1. The summed E-state index contributed by atoms with van der Waals surface area (Å²) in [6.07, 6.45) is 2.93. The first-order valence-electron chi connectivity index (χ1n) is 3.68. The molecule has 2 heterocycles. The normalized spacial score (nSPS) is 22.1. The monoisotopic (exact) mass is 167 g/mol. The molecule has 1 amide bonds. The fourth-order valence-electron chi connectivity index (χ4n) is 1.15. The Morgan fingerprint density at radius 2 is 2.67 bits per heavy atom. The van der Waals surface area contributed by atoms with Gasteiger partial charge < -0.3 is 14.6 Å². The van der Waals surface area contributed by atoms with Crippen molar-refractivity contribution < 1.29 is 9.53 Å². The Kier molecular flexibility index (Phi) is 1.49. The molecular weight excluding hydrogens is 158 g/mol. The van der Waals surface area contributed by atoms with Crippen molar-refractivity contribution in [1.82, 2.24) is 14.9 Å². The van der Waals surface area contributed by atoms with Crippen LogP contribution in [0.25, 0.3) is 0 Å². The maximum Gasteiger partial charge on any atom is 0.408 e. The lowest BCUT2D eigenvalue weighted by Gasteiger charge is -2.01. The minimum atomic E-state index is -0.370. The van der Waals surface area contributed by atoms with Crippen LogP contribution < -0.4 is 5.32 Å². The zero-order chi connectivity index (χ0) is 8.55. The third-order valence-corrected chi connectivity index (χ3v) is 1.74. The van der Waals surface area contributed by atoms with Crippen LogP contribution in [0.4, 0.5) is 4.79 Å². The van der Waals surface area contributed by atoms with Crippen molar-refractivity contribution in [1.29, 1.82) is 0 Å². The Bertz CT molecular complexity index is 307. The molecule has 1 atom stereocenters. The van der Waals surface area contributed by atoms with Gasteiger partial charge >= 0.3 is 6.09 Å². The molecule has 1 saturated heterocycles. The van der Waals surface area contributed by atoms with E-state index in [2.05, 4.69) is 10.3 Å². The largest absolute Gasteiger partial charge is 0.438 e. The van der Waals surface area contributed by atoms with Gasteiger partial charge in [-0.05, 0) is 0 Å². The summed E-state index contributed by atoms with van der Waals surface area (Å²) in [5.41, 5.74) is 0.788. The molecular formula is C7H9N3O2. The zero-order valence-corrected chi connectivity index (χ0v) is 6.65. The van der Waals surface area contributed by atoms with Gasteiger partial charge in [-0.25, -0.2) is 9.78 Å². The second-order valence-corrected chi connectivity index (χ2v) is 2.74. The van der Waals surface area contributed by atoms with E-state index < -0.39 is 0 Å². The summed E-state index contributed by atoms with van der Waals surface area (Å²) >= 11 is 0. The average molecular weight is 167 g/mol. The maximum atomic E-state index is 10.7. The molecule has 0 radical (unpaired) electrons. The first-order valence-corrected chi connectivity index (χ1v) is 3.68. The molecule has 1 fully saturated rings. The third-order valence-electron chi connectivity index (χ3n) is 1.74. The van der Waals surface area contributed by atoms with Crippen LogP contribution in [0.2, 0.25) is 0 Å². The Morgan fingerprint density at radius 3 is 3.17 bits per heavy atom. The van der Waals surface area contributed by atoms with Gasteiger partial charge in [0.25, 0.3) is 0 Å². The van der Waals surface area contributed by atoms with E-state index in [0.29, 0.717) is 6.54 Å². The number of carbonyl (C=O) groups excluding carboxylic acids is 1. The molecule has 0 aromatic carbocycles. The lowest BCUT2D eigenvalue weighted by atomic mass is 10.3. The molecule has 5 nitrogen and oxygen atoms in total. The molecule has 1 N–H and O–H groups in total. The number of nitrogens with one attached hydrogen (secondary N) is 1. The Labute approximate surface area is 69.3 Å². The lowest BCUT2D eigenvalue weighted by Crippen LogP contribution is -2.12. The Hall–Kier alpha value is -1.52. The van der Waals surface area contributed by atoms with Crippen molar-refractivity contribution in [3.05, 3.63) is 18.2 Å². The molecule has 0 spiro atoms. The number of imidazole rings is 1. The van der Waals surface area contributed by atoms with E-state index in [0.717, 1.165) is 5.69 Å². The highest BCUT2D eigenvalue weighted by molar-refractivity contribution is 5.69. The van der Waals surface area contributed by atoms with Crippen LogP contribution in [-0.2, 0) is 11.8 Å². The molecule has 1 aromatic heterocycles. The molecule has 64 valence electrons. The number of hydrogen-bond donors (Lipinski definition) is 1. The van der Waals surface area contributed by atoms with Gasteiger partial charge in [0, 0.05) is 13.2 Å². The van der Waals surface area contributed by atoms with E-state index in [-0.39, 0.29) is 12.2 Å². The van der Waals surface area contributed by atoms with E-state index in [1.807, 2.05) is 17.8 Å². The number of hydrogen-bond acceptors (Lipinski definition) is 3. The number of alkyl carbamates (subject to hydrolysis) is 1. The SMILES string of the molecule is Cn1cnc(C2CNC(=O)O2)c1. The number of aryl methyl sites for hydroxylation is 1. The molecule has 1 unspecified atom stereocenters. The van der Waals surface area contributed by atoms with Gasteiger partial charge in [0.05, 0.1) is 12.9 Å². The summed E-state index contributed by atoms with van der Waals surface area (Å²) in [5.74, 6) is 0. The standard InChI is InChI=1S/C7H9N3O2/c1-10-3-5(9-4-10)6-2-8-7(11)12-6/h3-4,6H,2H2,1H3,(H,8,11). The Morgan fingerprint density at radius 1 is 1.83 bits per heavy atom. The third kappa shape index (κ3) is 1.13. The highest BCUT2D eigenvalue weighted by atomic mass is 16.6. The van der Waals surface area contributed by atoms with Gasteiger partial charge in [-0.1, -0.05) is 0 Å². The summed E-state index contributed by atoms with van der Waals surface area (Å²) in [7, 11) is 1.88. The first-order chi connectivity index (χ1) is 5.75. The molecule has 1 aliphatic heterocycles. The number of carbonyl (C=O) groups is 1. The summed E-state index contributed by atoms with van der Waals surface area (Å²) in [6.45, 7) is 0.510. The van der Waals surface area contributed by atoms with Crippen molar-refractivity contribution in [2.75, 3.05) is 6.54 Å². The van der Waals surface area contributed by atoms with Crippen molar-refractivity contribution in [3.8, 4) is 0 Å². The molecule has 12 heavy (non-hydrogen) atoms. The number of cyclic esters (lactones) is 1. The second kappa shape index (κ2) is 2.51. The minimum Gasteiger partial charge on any atom is -0.438 e. The highest BCUT2D eigenvalue weighted by Crippen LogP contribution is 2.17. The zero-order valence-electron chi connectivity index (χ0n) is 6.65. The summed E-state index contributed by atoms with van der Waals surface area (Å²) in [6, 6.07) is 0. The molecule has 5 heteroatoms. The van der Waals surface area contributed by atoms with Crippen molar-refractivity contribution in [2.45, 2.75) is 6.10 Å². The van der Waals surface area contributed by atoms with E-state index in [9.17, 15) is 4.79 Å². The lowest BCUT2D eigenvalue weighted by molar-refractivity contribution is 0.139. The van der Waals surface area contributed by atoms with Crippen LogP contribution in [0, 0.1) is 0 Å². The summed E-state index contributed by atoms with van der Waals surface area (Å²) in [5, 5.41) is 2.57. The summed E-state index contributed by atoms with van der Waals surface area (Å²) in [4.78, 5) is 14.7. The van der Waals surface area contributed by atoms with Gasteiger partial charge in [-0.2, -0.15) is 0 Å². The van der Waals surface area contributed by atoms with E-state index >= 15 is 0 Å². The predicted molar refractivity (Wildman–Crippen MR) is 40.4 cm³/mol. The van der Waals surface area contributed by atoms with Crippen LogP contribution in [0.5, 0.6) is 0 Å². The van der Waals surface area contributed by atoms with Gasteiger partial charge in [0.15, 0.2) is 6.10 Å². The number of rotatable bonds is 1. The minimum absolute atomic E-state index is 0.223. The van der Waals surface area contributed by atoms with Gasteiger partial charge in [0.1, 0.15) is 5.69 Å². The molecule has 0 bridgehead atoms.